The second kappa shape index (κ2) is 8.58. The maximum absolute atomic E-state index is 12.2. The molecule has 1 aromatic heterocycles. The summed E-state index contributed by atoms with van der Waals surface area (Å²) in [6, 6.07) is 14.9. The Kier molecular flexibility index (Phi) is 6.19. The predicted octanol–water partition coefficient (Wildman–Crippen LogP) is 5.00. The molecule has 0 spiro atoms. The summed E-state index contributed by atoms with van der Waals surface area (Å²) in [6.45, 7) is 2.73. The van der Waals surface area contributed by atoms with Crippen LogP contribution in [0.15, 0.2) is 53.7 Å². The summed E-state index contributed by atoms with van der Waals surface area (Å²) >= 11 is 13.4. The quantitative estimate of drug-likeness (QED) is 0.584. The highest BCUT2D eigenvalue weighted by atomic mass is 35.5. The van der Waals surface area contributed by atoms with Crippen molar-refractivity contribution in [3.05, 3.63) is 58.6 Å². The molecule has 134 valence electrons. The molecule has 0 fully saturated rings. The number of thioether (sulfide) groups is 1. The number of halogens is 2. The molecule has 1 N–H and O–H groups in total. The first-order valence-electron chi connectivity index (χ1n) is 7.95. The molecule has 5 nitrogen and oxygen atoms in total. The van der Waals surface area contributed by atoms with Crippen molar-refractivity contribution >= 4 is 46.6 Å². The number of carbonyl (C=O) groups is 1. The third-order valence-electron chi connectivity index (χ3n) is 3.62. The number of nitrogens with one attached hydrogen (secondary N) is 1. The number of rotatable bonds is 6. The van der Waals surface area contributed by atoms with E-state index in [1.807, 2.05) is 41.8 Å². The minimum Gasteiger partial charge on any atom is -0.324 e. The van der Waals surface area contributed by atoms with Crippen LogP contribution in [0.1, 0.15) is 6.92 Å². The molecular weight excluding hydrogens is 391 g/mol. The predicted molar refractivity (Wildman–Crippen MR) is 107 cm³/mol. The van der Waals surface area contributed by atoms with E-state index in [0.717, 1.165) is 11.4 Å². The highest BCUT2D eigenvalue weighted by Crippen LogP contribution is 2.30. The van der Waals surface area contributed by atoms with E-state index in [1.165, 1.54) is 11.8 Å². The Morgan fingerprint density at radius 3 is 2.62 bits per heavy atom. The van der Waals surface area contributed by atoms with Gasteiger partial charge in [0.1, 0.15) is 0 Å². The molecule has 0 aliphatic heterocycles. The van der Waals surface area contributed by atoms with Gasteiger partial charge in [0.25, 0.3) is 0 Å². The largest absolute Gasteiger partial charge is 0.324 e. The zero-order valence-electron chi connectivity index (χ0n) is 13.9. The van der Waals surface area contributed by atoms with Gasteiger partial charge in [-0.1, -0.05) is 71.4 Å². The first-order chi connectivity index (χ1) is 12.6. The molecule has 2 aromatic carbocycles. The van der Waals surface area contributed by atoms with Crippen LogP contribution in [0, 0.1) is 0 Å². The fourth-order valence-corrected chi connectivity index (χ4v) is 3.55. The van der Waals surface area contributed by atoms with E-state index in [4.69, 9.17) is 23.2 Å². The van der Waals surface area contributed by atoms with E-state index in [9.17, 15) is 4.79 Å². The minimum absolute atomic E-state index is 0.189. The van der Waals surface area contributed by atoms with E-state index in [2.05, 4.69) is 15.5 Å². The van der Waals surface area contributed by atoms with E-state index in [-0.39, 0.29) is 11.7 Å². The van der Waals surface area contributed by atoms with Crippen LogP contribution in [0.2, 0.25) is 10.0 Å². The van der Waals surface area contributed by atoms with Crippen LogP contribution in [0.25, 0.3) is 11.4 Å². The summed E-state index contributed by atoms with van der Waals surface area (Å²) in [4.78, 5) is 12.2. The molecule has 0 atom stereocenters. The lowest BCUT2D eigenvalue weighted by atomic mass is 10.2. The molecule has 0 saturated carbocycles. The zero-order valence-corrected chi connectivity index (χ0v) is 16.3. The topological polar surface area (TPSA) is 59.8 Å². The van der Waals surface area contributed by atoms with Gasteiger partial charge in [-0.05, 0) is 19.1 Å². The van der Waals surface area contributed by atoms with Crippen molar-refractivity contribution in [2.45, 2.75) is 18.6 Å². The monoisotopic (exact) mass is 406 g/mol. The molecule has 0 unspecified atom stereocenters. The molecule has 26 heavy (non-hydrogen) atoms. The number of hydrogen-bond donors (Lipinski definition) is 1. The van der Waals surface area contributed by atoms with Gasteiger partial charge in [-0.2, -0.15) is 0 Å². The number of carbonyl (C=O) groups excluding carboxylic acids is 1. The van der Waals surface area contributed by atoms with Crippen molar-refractivity contribution < 1.29 is 4.79 Å². The number of benzene rings is 2. The molecule has 8 heteroatoms. The molecule has 0 aliphatic rings. The first-order valence-corrected chi connectivity index (χ1v) is 9.69. The Hall–Kier alpha value is -2.02. The molecule has 1 heterocycles. The maximum Gasteiger partial charge on any atom is 0.234 e. The van der Waals surface area contributed by atoms with Crippen molar-refractivity contribution in [3.8, 4) is 11.4 Å². The molecule has 0 aliphatic carbocycles. The highest BCUT2D eigenvalue weighted by molar-refractivity contribution is 7.99. The molecule has 0 bridgehead atoms. The van der Waals surface area contributed by atoms with Crippen molar-refractivity contribution in [3.63, 3.8) is 0 Å². The fraction of sp³-hybridized carbons (Fsp3) is 0.167. The van der Waals surface area contributed by atoms with Crippen LogP contribution in [-0.4, -0.2) is 26.4 Å². The number of amides is 1. The number of nitrogens with zero attached hydrogens (tertiary/aromatic N) is 3. The van der Waals surface area contributed by atoms with Crippen LogP contribution < -0.4 is 5.32 Å². The Bertz CT molecular complexity index is 915. The number of hydrogen-bond acceptors (Lipinski definition) is 4. The van der Waals surface area contributed by atoms with Crippen LogP contribution in [0.3, 0.4) is 0 Å². The summed E-state index contributed by atoms with van der Waals surface area (Å²) in [6.07, 6.45) is 0. The van der Waals surface area contributed by atoms with Gasteiger partial charge in [0.2, 0.25) is 5.91 Å². The highest BCUT2D eigenvalue weighted by Gasteiger charge is 2.15. The molecule has 3 rings (SSSR count). The van der Waals surface area contributed by atoms with Gasteiger partial charge in [-0.15, -0.1) is 10.2 Å². The smallest absolute Gasteiger partial charge is 0.234 e. The van der Waals surface area contributed by atoms with E-state index in [0.29, 0.717) is 27.4 Å². The molecule has 3 aromatic rings. The molecule has 0 saturated heterocycles. The summed E-state index contributed by atoms with van der Waals surface area (Å²) in [5.41, 5.74) is 1.48. The fourth-order valence-electron chi connectivity index (χ4n) is 2.40. The summed E-state index contributed by atoms with van der Waals surface area (Å²) in [7, 11) is 0. The Morgan fingerprint density at radius 2 is 1.88 bits per heavy atom. The minimum atomic E-state index is -0.189. The second-order valence-electron chi connectivity index (χ2n) is 5.35. The Morgan fingerprint density at radius 1 is 1.12 bits per heavy atom. The third kappa shape index (κ3) is 4.20. The standard InChI is InChI=1S/C18H16Cl2N4OS/c1-2-24-17(12-7-4-3-5-8-12)22-23-18(24)26-11-15(25)21-14-10-6-9-13(19)16(14)20/h3-10H,2,11H2,1H3,(H,21,25). The van der Waals surface area contributed by atoms with E-state index < -0.39 is 0 Å². The molecule has 0 radical (unpaired) electrons. The zero-order chi connectivity index (χ0) is 18.5. The van der Waals surface area contributed by atoms with Gasteiger partial charge in [0.15, 0.2) is 11.0 Å². The summed E-state index contributed by atoms with van der Waals surface area (Å²) in [5, 5.41) is 12.7. The summed E-state index contributed by atoms with van der Waals surface area (Å²) in [5.74, 6) is 0.787. The van der Waals surface area contributed by atoms with Crippen molar-refractivity contribution in [1.29, 1.82) is 0 Å². The lowest BCUT2D eigenvalue weighted by Crippen LogP contribution is -2.15. The van der Waals surface area contributed by atoms with Crippen LogP contribution in [0.5, 0.6) is 0 Å². The van der Waals surface area contributed by atoms with Gasteiger partial charge in [-0.3, -0.25) is 4.79 Å². The normalized spacial score (nSPS) is 10.7. The van der Waals surface area contributed by atoms with Gasteiger partial charge in [0.05, 0.1) is 21.5 Å². The molecular formula is C18H16Cl2N4OS. The van der Waals surface area contributed by atoms with Gasteiger partial charge >= 0.3 is 0 Å². The molecule has 1 amide bonds. The van der Waals surface area contributed by atoms with Crippen molar-refractivity contribution in [2.24, 2.45) is 0 Å². The summed E-state index contributed by atoms with van der Waals surface area (Å²) < 4.78 is 1.99. The van der Waals surface area contributed by atoms with E-state index >= 15 is 0 Å². The lowest BCUT2D eigenvalue weighted by molar-refractivity contribution is -0.113. The SMILES string of the molecule is CCn1c(SCC(=O)Nc2cccc(Cl)c2Cl)nnc1-c1ccccc1. The first kappa shape index (κ1) is 18.8. The maximum atomic E-state index is 12.2. The van der Waals surface area contributed by atoms with Crippen LogP contribution >= 0.6 is 35.0 Å². The Labute approximate surface area is 165 Å². The van der Waals surface area contributed by atoms with Gasteiger partial charge in [0, 0.05) is 12.1 Å². The van der Waals surface area contributed by atoms with Crippen molar-refractivity contribution in [1.82, 2.24) is 14.8 Å². The van der Waals surface area contributed by atoms with Crippen molar-refractivity contribution in [2.75, 3.05) is 11.1 Å². The van der Waals surface area contributed by atoms with Crippen LogP contribution in [-0.2, 0) is 11.3 Å². The second-order valence-corrected chi connectivity index (χ2v) is 7.08. The average molecular weight is 407 g/mol. The van der Waals surface area contributed by atoms with E-state index in [1.54, 1.807) is 18.2 Å². The van der Waals surface area contributed by atoms with Crippen LogP contribution in [0.4, 0.5) is 5.69 Å². The van der Waals surface area contributed by atoms with Gasteiger partial charge < -0.3 is 9.88 Å². The average Bonchev–Trinajstić information content (AvgIpc) is 3.07. The number of anilines is 1. The van der Waals surface area contributed by atoms with Gasteiger partial charge in [-0.25, -0.2) is 0 Å². The number of aromatic nitrogens is 3. The third-order valence-corrected chi connectivity index (χ3v) is 5.41. The Balaban J connectivity index is 1.69. The lowest BCUT2D eigenvalue weighted by Gasteiger charge is -2.09.